The van der Waals surface area contributed by atoms with E-state index in [1.54, 1.807) is 25.1 Å². The summed E-state index contributed by atoms with van der Waals surface area (Å²) in [6.45, 7) is 6.17. The molecule has 0 fully saturated rings. The first-order valence-corrected chi connectivity index (χ1v) is 8.80. The van der Waals surface area contributed by atoms with Crippen LogP contribution in [0, 0.1) is 6.92 Å². The third kappa shape index (κ3) is 5.18. The van der Waals surface area contributed by atoms with Gasteiger partial charge < -0.3 is 15.4 Å². The fourth-order valence-electron chi connectivity index (χ4n) is 2.48. The molecule has 0 saturated carbocycles. The average Bonchev–Trinajstić information content (AvgIpc) is 2.55. The van der Waals surface area contributed by atoms with Crippen LogP contribution in [-0.2, 0) is 4.74 Å². The molecule has 2 aromatic carbocycles. The Morgan fingerprint density at radius 2 is 2.00 bits per heavy atom. The first-order valence-electron chi connectivity index (χ1n) is 8.02. The van der Waals surface area contributed by atoms with Crippen LogP contribution in [0.4, 0.5) is 5.69 Å². The monoisotopic (exact) mass is 376 g/mol. The van der Waals surface area contributed by atoms with E-state index in [2.05, 4.69) is 29.7 Å². The smallest absolute Gasteiger partial charge is 0.339 e. The van der Waals surface area contributed by atoms with E-state index in [4.69, 9.17) is 28.6 Å². The highest BCUT2D eigenvalue weighted by molar-refractivity contribution is 7.80. The minimum absolute atomic E-state index is 0.0653. The molecule has 0 unspecified atom stereocenters. The maximum Gasteiger partial charge on any atom is 0.339 e. The Balaban J connectivity index is 2.02. The molecular weight excluding hydrogens is 356 g/mol. The van der Waals surface area contributed by atoms with Gasteiger partial charge in [0.15, 0.2) is 5.11 Å². The van der Waals surface area contributed by atoms with Crippen molar-refractivity contribution in [2.75, 3.05) is 11.9 Å². The van der Waals surface area contributed by atoms with E-state index in [1.165, 1.54) is 11.1 Å². The number of hydrogen-bond donors (Lipinski definition) is 2. The largest absolute Gasteiger partial charge is 0.462 e. The summed E-state index contributed by atoms with van der Waals surface area (Å²) in [5.41, 5.74) is 3.42. The van der Waals surface area contributed by atoms with E-state index >= 15 is 0 Å². The van der Waals surface area contributed by atoms with Gasteiger partial charge in [-0.05, 0) is 62.3 Å². The van der Waals surface area contributed by atoms with Gasteiger partial charge in [0.05, 0.1) is 23.2 Å². The van der Waals surface area contributed by atoms with Crippen LogP contribution in [0.15, 0.2) is 42.5 Å². The Hall–Kier alpha value is -2.11. The summed E-state index contributed by atoms with van der Waals surface area (Å²) in [5, 5.41) is 7.13. The molecule has 2 N–H and O–H groups in total. The summed E-state index contributed by atoms with van der Waals surface area (Å²) < 4.78 is 4.96. The Bertz CT molecular complexity index is 780. The van der Waals surface area contributed by atoms with Crippen molar-refractivity contribution in [1.29, 1.82) is 0 Å². The SMILES string of the molecule is CCOC(=O)c1ccc(NC(=S)N[C@H](C)c2ccccc2C)cc1Cl. The Labute approximate surface area is 158 Å². The fourth-order valence-corrected chi connectivity index (χ4v) is 3.03. The molecule has 25 heavy (non-hydrogen) atoms. The van der Waals surface area contributed by atoms with E-state index < -0.39 is 5.97 Å². The van der Waals surface area contributed by atoms with Crippen LogP contribution in [0.1, 0.15) is 41.4 Å². The summed E-state index contributed by atoms with van der Waals surface area (Å²) in [4.78, 5) is 11.8. The summed E-state index contributed by atoms with van der Waals surface area (Å²) in [7, 11) is 0. The lowest BCUT2D eigenvalue weighted by Gasteiger charge is -2.19. The van der Waals surface area contributed by atoms with Gasteiger partial charge in [0.1, 0.15) is 0 Å². The topological polar surface area (TPSA) is 50.4 Å². The van der Waals surface area contributed by atoms with Crippen LogP contribution in [0.3, 0.4) is 0 Å². The quantitative estimate of drug-likeness (QED) is 0.575. The molecule has 0 aliphatic heterocycles. The van der Waals surface area contributed by atoms with Crippen molar-refractivity contribution >= 4 is 40.6 Å². The molecule has 132 valence electrons. The van der Waals surface area contributed by atoms with Gasteiger partial charge in [-0.15, -0.1) is 0 Å². The molecule has 0 saturated heterocycles. The van der Waals surface area contributed by atoms with Crippen LogP contribution in [-0.4, -0.2) is 17.7 Å². The molecule has 0 aliphatic rings. The standard InChI is InChI=1S/C19H21ClN2O2S/c1-4-24-18(23)16-10-9-14(11-17(16)20)22-19(25)21-13(3)15-8-6-5-7-12(15)2/h5-11,13H,4H2,1-3H3,(H2,21,22,25)/t13-/m1/s1. The first-order chi connectivity index (χ1) is 11.9. The molecule has 0 radical (unpaired) electrons. The average molecular weight is 377 g/mol. The Morgan fingerprint density at radius 1 is 1.28 bits per heavy atom. The van der Waals surface area contributed by atoms with Crippen LogP contribution in [0.5, 0.6) is 0 Å². The number of anilines is 1. The second-order valence-corrected chi connectivity index (χ2v) is 6.41. The highest BCUT2D eigenvalue weighted by Gasteiger charge is 2.13. The zero-order valence-corrected chi connectivity index (χ0v) is 16.0. The van der Waals surface area contributed by atoms with Crippen molar-refractivity contribution in [3.63, 3.8) is 0 Å². The Kier molecular flexibility index (Phi) is 6.79. The zero-order valence-electron chi connectivity index (χ0n) is 14.4. The third-order valence-corrected chi connectivity index (χ3v) is 4.26. The third-order valence-electron chi connectivity index (χ3n) is 3.72. The number of thiocarbonyl (C=S) groups is 1. The lowest BCUT2D eigenvalue weighted by molar-refractivity contribution is 0.0526. The summed E-state index contributed by atoms with van der Waals surface area (Å²) in [5.74, 6) is -0.437. The molecule has 0 amide bonds. The first kappa shape index (κ1) is 19.2. The fraction of sp³-hybridized carbons (Fsp3) is 0.263. The number of ether oxygens (including phenoxy) is 1. The number of nitrogens with one attached hydrogen (secondary N) is 2. The number of hydrogen-bond acceptors (Lipinski definition) is 3. The summed E-state index contributed by atoms with van der Waals surface area (Å²) in [6.07, 6.45) is 0. The molecule has 2 aromatic rings. The molecule has 0 aliphatic carbocycles. The van der Waals surface area contributed by atoms with Gasteiger partial charge >= 0.3 is 5.97 Å². The highest BCUT2D eigenvalue weighted by atomic mass is 35.5. The number of aryl methyl sites for hydroxylation is 1. The number of esters is 1. The van der Waals surface area contributed by atoms with Gasteiger partial charge in [-0.25, -0.2) is 4.79 Å². The molecule has 2 rings (SSSR count). The molecule has 0 aromatic heterocycles. The predicted molar refractivity (Wildman–Crippen MR) is 106 cm³/mol. The van der Waals surface area contributed by atoms with Gasteiger partial charge in [-0.2, -0.15) is 0 Å². The van der Waals surface area contributed by atoms with Crippen LogP contribution >= 0.6 is 23.8 Å². The van der Waals surface area contributed by atoms with Crippen molar-refractivity contribution < 1.29 is 9.53 Å². The van der Waals surface area contributed by atoms with Crippen molar-refractivity contribution in [3.8, 4) is 0 Å². The molecule has 0 spiro atoms. The zero-order chi connectivity index (χ0) is 18.4. The van der Waals surface area contributed by atoms with E-state index in [0.29, 0.717) is 28.0 Å². The number of rotatable bonds is 5. The maximum absolute atomic E-state index is 11.8. The predicted octanol–water partition coefficient (Wildman–Crippen LogP) is 4.87. The van der Waals surface area contributed by atoms with Crippen LogP contribution in [0.2, 0.25) is 5.02 Å². The minimum atomic E-state index is -0.437. The molecule has 6 heteroatoms. The molecular formula is C19H21ClN2O2S. The number of halogens is 1. The second-order valence-electron chi connectivity index (χ2n) is 5.59. The number of benzene rings is 2. The van der Waals surface area contributed by atoms with E-state index in [0.717, 1.165) is 0 Å². The normalized spacial score (nSPS) is 11.5. The van der Waals surface area contributed by atoms with E-state index in [9.17, 15) is 4.79 Å². The molecule has 4 nitrogen and oxygen atoms in total. The molecule has 0 bridgehead atoms. The maximum atomic E-state index is 11.8. The van der Waals surface area contributed by atoms with E-state index in [1.807, 2.05) is 19.1 Å². The van der Waals surface area contributed by atoms with Crippen LogP contribution in [0.25, 0.3) is 0 Å². The van der Waals surface area contributed by atoms with Crippen LogP contribution < -0.4 is 10.6 Å². The number of carbonyl (C=O) groups is 1. The van der Waals surface area contributed by atoms with Crippen molar-refractivity contribution in [2.45, 2.75) is 26.8 Å². The van der Waals surface area contributed by atoms with Gasteiger partial charge in [-0.3, -0.25) is 0 Å². The highest BCUT2D eigenvalue weighted by Crippen LogP contribution is 2.22. The van der Waals surface area contributed by atoms with Gasteiger partial charge in [0.25, 0.3) is 0 Å². The van der Waals surface area contributed by atoms with Gasteiger partial charge in [0, 0.05) is 5.69 Å². The van der Waals surface area contributed by atoms with E-state index in [-0.39, 0.29) is 6.04 Å². The van der Waals surface area contributed by atoms with Crippen molar-refractivity contribution in [1.82, 2.24) is 5.32 Å². The summed E-state index contributed by atoms with van der Waals surface area (Å²) in [6, 6.07) is 13.2. The second kappa shape index (κ2) is 8.83. The minimum Gasteiger partial charge on any atom is -0.462 e. The lowest BCUT2D eigenvalue weighted by atomic mass is 10.0. The number of carbonyl (C=O) groups excluding carboxylic acids is 1. The lowest BCUT2D eigenvalue weighted by Crippen LogP contribution is -2.31. The molecule has 1 atom stereocenters. The Morgan fingerprint density at radius 3 is 2.64 bits per heavy atom. The van der Waals surface area contributed by atoms with Gasteiger partial charge in [-0.1, -0.05) is 35.9 Å². The summed E-state index contributed by atoms with van der Waals surface area (Å²) >= 11 is 11.5. The van der Waals surface area contributed by atoms with Gasteiger partial charge in [0.2, 0.25) is 0 Å². The molecule has 0 heterocycles. The van der Waals surface area contributed by atoms with Crippen molar-refractivity contribution in [2.24, 2.45) is 0 Å². The van der Waals surface area contributed by atoms with Crippen molar-refractivity contribution in [3.05, 3.63) is 64.2 Å².